The number of carbonyl (C=O) groups is 4. The van der Waals surface area contributed by atoms with Crippen LogP contribution >= 0.6 is 0 Å². The zero-order chi connectivity index (χ0) is 56.1. The van der Waals surface area contributed by atoms with Crippen molar-refractivity contribution in [1.82, 2.24) is 0 Å². The van der Waals surface area contributed by atoms with Gasteiger partial charge in [-0.2, -0.15) is 0 Å². The van der Waals surface area contributed by atoms with E-state index in [-0.39, 0.29) is 25.9 Å². The van der Waals surface area contributed by atoms with Crippen molar-refractivity contribution in [2.24, 2.45) is 0 Å². The van der Waals surface area contributed by atoms with Crippen LogP contribution in [0.1, 0.15) is 265 Å². The Kier molecular flexibility index (Phi) is 48.8. The molecule has 0 saturated carbocycles. The van der Waals surface area contributed by atoms with Gasteiger partial charge in [-0.05, 0) is 89.9 Å². The topological polar surface area (TPSA) is 175 Å². The molecule has 0 aromatic rings. The van der Waals surface area contributed by atoms with Crippen molar-refractivity contribution in [1.29, 1.82) is 0 Å². The minimum Gasteiger partial charge on any atom is -0.479 e. The number of unbranched alkanes of at least 4 members (excludes halogenated alkanes) is 26. The van der Waals surface area contributed by atoms with Gasteiger partial charge in [0.2, 0.25) is 0 Å². The van der Waals surface area contributed by atoms with Gasteiger partial charge in [-0.3, -0.25) is 14.4 Å². The summed E-state index contributed by atoms with van der Waals surface area (Å²) in [6.45, 7) is 5.87. The molecule has 77 heavy (non-hydrogen) atoms. The molecule has 1 aliphatic rings. The van der Waals surface area contributed by atoms with Crippen LogP contribution < -0.4 is 0 Å². The molecule has 1 heterocycles. The second-order valence-corrected chi connectivity index (χ2v) is 21.0. The number of aliphatic hydroxyl groups is 2. The largest absolute Gasteiger partial charge is 0.479 e. The Hall–Kier alpha value is -3.84. The molecule has 442 valence electrons. The predicted molar refractivity (Wildman–Crippen MR) is 312 cm³/mol. The van der Waals surface area contributed by atoms with Gasteiger partial charge in [0.05, 0.1) is 6.61 Å². The number of carbonyl (C=O) groups excluding carboxylic acids is 3. The number of hydrogen-bond donors (Lipinski definition) is 3. The Bertz CT molecular complexity index is 1620. The second-order valence-electron chi connectivity index (χ2n) is 21.0. The van der Waals surface area contributed by atoms with Crippen molar-refractivity contribution in [3.63, 3.8) is 0 Å². The lowest BCUT2D eigenvalue weighted by molar-refractivity contribution is -0.301. The van der Waals surface area contributed by atoms with Crippen LogP contribution in [0.2, 0.25) is 0 Å². The van der Waals surface area contributed by atoms with Gasteiger partial charge in [0, 0.05) is 19.3 Å². The summed E-state index contributed by atoms with van der Waals surface area (Å²) in [5.41, 5.74) is 0. The molecule has 6 atom stereocenters. The molecule has 0 aromatic carbocycles. The van der Waals surface area contributed by atoms with Crippen molar-refractivity contribution in [3.05, 3.63) is 72.9 Å². The summed E-state index contributed by atoms with van der Waals surface area (Å²) in [5.74, 6) is -3.16. The number of aliphatic hydroxyl groups excluding tert-OH is 2. The smallest absolute Gasteiger partial charge is 0.335 e. The molecule has 3 N–H and O–H groups in total. The average molecular weight is 1080 g/mol. The molecular weight excluding hydrogens is 973 g/mol. The Morgan fingerprint density at radius 3 is 1.27 bits per heavy atom. The zero-order valence-corrected chi connectivity index (χ0v) is 48.7. The molecule has 0 amide bonds. The fourth-order valence-electron chi connectivity index (χ4n) is 9.04. The van der Waals surface area contributed by atoms with Gasteiger partial charge in [0.15, 0.2) is 24.6 Å². The lowest BCUT2D eigenvalue weighted by Crippen LogP contribution is -2.61. The van der Waals surface area contributed by atoms with Crippen molar-refractivity contribution >= 4 is 23.9 Å². The zero-order valence-electron chi connectivity index (χ0n) is 48.7. The molecule has 0 bridgehead atoms. The van der Waals surface area contributed by atoms with Crippen LogP contribution in [0.15, 0.2) is 72.9 Å². The monoisotopic (exact) mass is 1080 g/mol. The molecule has 0 spiro atoms. The van der Waals surface area contributed by atoms with E-state index in [2.05, 4.69) is 93.7 Å². The van der Waals surface area contributed by atoms with Gasteiger partial charge in [-0.15, -0.1) is 0 Å². The van der Waals surface area contributed by atoms with E-state index in [1.165, 1.54) is 96.3 Å². The van der Waals surface area contributed by atoms with Gasteiger partial charge in [-0.25, -0.2) is 4.79 Å². The van der Waals surface area contributed by atoms with Crippen LogP contribution in [0, 0.1) is 0 Å². The normalized spacial score (nSPS) is 18.5. The first-order chi connectivity index (χ1) is 37.6. The molecule has 0 radical (unpaired) electrons. The molecule has 12 heteroatoms. The van der Waals surface area contributed by atoms with E-state index >= 15 is 0 Å². The van der Waals surface area contributed by atoms with Gasteiger partial charge in [0.1, 0.15) is 18.8 Å². The number of carboxylic acids is 1. The molecule has 1 saturated heterocycles. The van der Waals surface area contributed by atoms with Crippen molar-refractivity contribution in [3.8, 4) is 0 Å². The predicted octanol–water partition coefficient (Wildman–Crippen LogP) is 16.1. The minimum atomic E-state index is -1.92. The maximum absolute atomic E-state index is 13.1. The van der Waals surface area contributed by atoms with E-state index in [9.17, 15) is 34.5 Å². The number of aliphatic carboxylic acids is 1. The summed E-state index contributed by atoms with van der Waals surface area (Å²) in [5, 5.41) is 31.5. The van der Waals surface area contributed by atoms with Gasteiger partial charge in [-0.1, -0.05) is 229 Å². The summed E-state index contributed by atoms with van der Waals surface area (Å²) >= 11 is 0. The number of carboxylic acid groups (broad SMARTS) is 1. The third-order valence-electron chi connectivity index (χ3n) is 13.8. The molecule has 12 nitrogen and oxygen atoms in total. The highest BCUT2D eigenvalue weighted by atomic mass is 16.7. The molecule has 1 aliphatic heterocycles. The standard InChI is InChI=1S/C65H110O12/c1-4-7-10-13-16-19-22-25-27-28-29-30-32-35-38-41-44-47-50-53-59(68)76-63-61(70)60(69)62(64(71)72)77-65(63)74-55-56(75-58(67)52-49-46-43-40-37-33-24-21-18-15-12-9-6-3)54-73-57(66)51-48-45-42-39-36-34-31-26-23-20-17-14-11-8-5-2/h7,10,16,19,25-27,29-31,35,38,56,60-63,65,69-70H,4-6,8-9,11-15,17-18,20-24,28,32-34,36-37,39-55H2,1-3H3,(H,71,72)/b10-7-,19-16-,27-25-,30-29-,31-26-,38-35-. The van der Waals surface area contributed by atoms with Crippen molar-refractivity contribution < 1.29 is 58.2 Å². The first kappa shape index (κ1) is 71.2. The Balaban J connectivity index is 2.69. The van der Waals surface area contributed by atoms with Crippen LogP contribution in [-0.4, -0.2) is 89.2 Å². The summed E-state index contributed by atoms with van der Waals surface area (Å²) in [6.07, 6.45) is 54.3. The first-order valence-electron chi connectivity index (χ1n) is 30.9. The summed E-state index contributed by atoms with van der Waals surface area (Å²) in [6, 6.07) is 0. The molecule has 0 aliphatic carbocycles. The number of esters is 3. The highest BCUT2D eigenvalue weighted by Crippen LogP contribution is 2.26. The van der Waals surface area contributed by atoms with Gasteiger partial charge < -0.3 is 39.0 Å². The highest BCUT2D eigenvalue weighted by molar-refractivity contribution is 5.74. The van der Waals surface area contributed by atoms with Crippen molar-refractivity contribution in [2.45, 2.75) is 302 Å². The van der Waals surface area contributed by atoms with E-state index in [0.29, 0.717) is 19.3 Å². The average Bonchev–Trinajstić information content (AvgIpc) is 3.42. The van der Waals surface area contributed by atoms with Crippen LogP contribution in [0.5, 0.6) is 0 Å². The Morgan fingerprint density at radius 1 is 0.442 bits per heavy atom. The van der Waals surface area contributed by atoms with Crippen LogP contribution in [0.4, 0.5) is 0 Å². The van der Waals surface area contributed by atoms with Gasteiger partial charge in [0.25, 0.3) is 0 Å². The molecule has 6 unspecified atom stereocenters. The second kappa shape index (κ2) is 52.8. The van der Waals surface area contributed by atoms with E-state index in [0.717, 1.165) is 109 Å². The van der Waals surface area contributed by atoms with Crippen molar-refractivity contribution in [2.75, 3.05) is 13.2 Å². The summed E-state index contributed by atoms with van der Waals surface area (Å²) in [4.78, 5) is 51.2. The third-order valence-corrected chi connectivity index (χ3v) is 13.8. The van der Waals surface area contributed by atoms with Crippen LogP contribution in [-0.2, 0) is 42.9 Å². The lowest BCUT2D eigenvalue weighted by atomic mass is 9.98. The maximum atomic E-state index is 13.1. The SMILES string of the molecule is CC/C=C\C/C=C\C/C=C\C/C=C\C/C=C\CCCCCC(=O)OC1C(OCC(COC(=O)CCCCCCC/C=C\CCCCCCCC)OC(=O)CCCCCCCCCCCCCCC)OC(C(=O)O)C(O)C1O. The van der Waals surface area contributed by atoms with Crippen LogP contribution in [0.25, 0.3) is 0 Å². The van der Waals surface area contributed by atoms with E-state index in [1.54, 1.807) is 0 Å². The third kappa shape index (κ3) is 42.7. The molecule has 1 fully saturated rings. The highest BCUT2D eigenvalue weighted by Gasteiger charge is 2.50. The Labute approximate surface area is 468 Å². The Morgan fingerprint density at radius 2 is 0.818 bits per heavy atom. The van der Waals surface area contributed by atoms with Crippen LogP contribution in [0.3, 0.4) is 0 Å². The first-order valence-corrected chi connectivity index (χ1v) is 30.9. The number of rotatable bonds is 52. The van der Waals surface area contributed by atoms with E-state index in [4.69, 9.17) is 23.7 Å². The number of ether oxygens (including phenoxy) is 5. The fraction of sp³-hybridized carbons (Fsp3) is 0.754. The summed E-state index contributed by atoms with van der Waals surface area (Å²) in [7, 11) is 0. The quantitative estimate of drug-likeness (QED) is 0.0228. The molecule has 0 aromatic heterocycles. The maximum Gasteiger partial charge on any atom is 0.335 e. The fourth-order valence-corrected chi connectivity index (χ4v) is 9.04. The number of hydrogen-bond acceptors (Lipinski definition) is 11. The van der Waals surface area contributed by atoms with E-state index < -0.39 is 67.3 Å². The number of allylic oxidation sites excluding steroid dienone is 12. The van der Waals surface area contributed by atoms with Gasteiger partial charge >= 0.3 is 23.9 Å². The lowest BCUT2D eigenvalue weighted by Gasteiger charge is -2.40. The van der Waals surface area contributed by atoms with E-state index in [1.807, 2.05) is 0 Å². The molecule has 1 rings (SSSR count). The minimum absolute atomic E-state index is 0.0200. The molecular formula is C65H110O12. The summed E-state index contributed by atoms with van der Waals surface area (Å²) < 4.78 is 28.4.